The number of thiocarbonyl (C=S) groups is 1. The summed E-state index contributed by atoms with van der Waals surface area (Å²) in [5.74, 6) is 0. The second-order valence-electron chi connectivity index (χ2n) is 1.97. The molecule has 0 bridgehead atoms. The van der Waals surface area contributed by atoms with E-state index in [0.717, 1.165) is 17.0 Å². The van der Waals surface area contributed by atoms with Crippen LogP contribution in [0.2, 0.25) is 0 Å². The molecule has 1 aliphatic heterocycles. The Balaban J connectivity index is 2.45. The zero-order valence-electron chi connectivity index (χ0n) is 4.81. The van der Waals surface area contributed by atoms with Gasteiger partial charge in [0.05, 0.1) is 6.61 Å². The van der Waals surface area contributed by atoms with Crippen LogP contribution in [0, 0.1) is 0 Å². The smallest absolute Gasteiger partial charge is 0.116 e. The molecule has 1 nitrogen and oxygen atoms in total. The first-order valence-corrected chi connectivity index (χ1v) is 2.94. The molecule has 1 atom stereocenters. The van der Waals surface area contributed by atoms with Gasteiger partial charge in [-0.25, -0.2) is 0 Å². The van der Waals surface area contributed by atoms with E-state index in [4.69, 9.17) is 17.0 Å². The minimum Gasteiger partial charge on any atom is -0.367 e. The fraction of sp³-hybridized carbons (Fsp3) is 0.500. The molecule has 0 amide bonds. The number of rotatable bonds is 2. The van der Waals surface area contributed by atoms with Crippen molar-refractivity contribution >= 4 is 17.1 Å². The summed E-state index contributed by atoms with van der Waals surface area (Å²) in [6.45, 7) is 6.40. The van der Waals surface area contributed by atoms with Crippen molar-refractivity contribution in [3.8, 4) is 0 Å². The molecule has 2 heteroatoms. The van der Waals surface area contributed by atoms with E-state index in [2.05, 4.69) is 6.58 Å². The molecule has 0 radical (unpaired) electrons. The third-order valence-corrected chi connectivity index (χ3v) is 1.66. The first kappa shape index (κ1) is 5.92. The van der Waals surface area contributed by atoms with Gasteiger partial charge in [0.15, 0.2) is 0 Å². The summed E-state index contributed by atoms with van der Waals surface area (Å²) in [6, 6.07) is 0. The number of hydrogen-bond acceptors (Lipinski definition) is 2. The van der Waals surface area contributed by atoms with Gasteiger partial charge in [0.1, 0.15) is 6.10 Å². The first-order valence-electron chi connectivity index (χ1n) is 2.53. The summed E-state index contributed by atoms with van der Waals surface area (Å²) in [7, 11) is 0. The van der Waals surface area contributed by atoms with Gasteiger partial charge in [0, 0.05) is 4.86 Å². The lowest BCUT2D eigenvalue weighted by Gasteiger charge is -1.92. The second-order valence-corrected chi connectivity index (χ2v) is 2.41. The molecule has 1 rings (SSSR count). The van der Waals surface area contributed by atoms with Crippen LogP contribution in [0.5, 0.6) is 0 Å². The molecule has 0 spiro atoms. The SMILES string of the molecule is C=C(C)C(=S)C1CO1. The van der Waals surface area contributed by atoms with Crippen LogP contribution < -0.4 is 0 Å². The molecule has 8 heavy (non-hydrogen) atoms. The molecule has 0 aromatic rings. The van der Waals surface area contributed by atoms with E-state index in [1.165, 1.54) is 0 Å². The highest BCUT2D eigenvalue weighted by Crippen LogP contribution is 2.15. The molecule has 44 valence electrons. The molecular formula is C6H8OS. The van der Waals surface area contributed by atoms with Crippen LogP contribution in [0.4, 0.5) is 0 Å². The zero-order valence-corrected chi connectivity index (χ0v) is 5.62. The van der Waals surface area contributed by atoms with Gasteiger partial charge < -0.3 is 4.74 Å². The summed E-state index contributed by atoms with van der Waals surface area (Å²) < 4.78 is 4.93. The third-order valence-electron chi connectivity index (χ3n) is 1.05. The van der Waals surface area contributed by atoms with Crippen molar-refractivity contribution in [2.24, 2.45) is 0 Å². The normalized spacial score (nSPS) is 24.9. The lowest BCUT2D eigenvalue weighted by molar-refractivity contribution is 0.451. The molecule has 1 fully saturated rings. The van der Waals surface area contributed by atoms with Crippen LogP contribution >= 0.6 is 12.2 Å². The highest BCUT2D eigenvalue weighted by atomic mass is 32.1. The first-order chi connectivity index (χ1) is 3.72. The van der Waals surface area contributed by atoms with Crippen LogP contribution in [-0.2, 0) is 4.74 Å². The molecule has 0 aliphatic carbocycles. The Morgan fingerprint density at radius 1 is 1.88 bits per heavy atom. The van der Waals surface area contributed by atoms with Crippen LogP contribution in [-0.4, -0.2) is 17.6 Å². The Labute approximate surface area is 54.3 Å². The van der Waals surface area contributed by atoms with Gasteiger partial charge in [-0.3, -0.25) is 0 Å². The average molecular weight is 128 g/mol. The van der Waals surface area contributed by atoms with Gasteiger partial charge in [-0.1, -0.05) is 18.8 Å². The largest absolute Gasteiger partial charge is 0.367 e. The predicted molar refractivity (Wildman–Crippen MR) is 37.2 cm³/mol. The van der Waals surface area contributed by atoms with Crippen LogP contribution in [0.1, 0.15) is 6.92 Å². The topological polar surface area (TPSA) is 12.5 Å². The maximum absolute atomic E-state index is 4.94. The van der Waals surface area contributed by atoms with Crippen molar-refractivity contribution < 1.29 is 4.74 Å². The monoisotopic (exact) mass is 128 g/mol. The van der Waals surface area contributed by atoms with Gasteiger partial charge in [0.2, 0.25) is 0 Å². The molecule has 1 aliphatic rings. The lowest BCUT2D eigenvalue weighted by atomic mass is 10.2. The van der Waals surface area contributed by atoms with Crippen molar-refractivity contribution in [3.05, 3.63) is 12.2 Å². The summed E-state index contributed by atoms with van der Waals surface area (Å²) in [6.07, 6.45) is 0.225. The zero-order chi connectivity index (χ0) is 6.15. The van der Waals surface area contributed by atoms with Crippen molar-refractivity contribution in [3.63, 3.8) is 0 Å². The molecule has 0 aromatic carbocycles. The van der Waals surface area contributed by atoms with E-state index in [-0.39, 0.29) is 6.10 Å². The van der Waals surface area contributed by atoms with E-state index in [1.807, 2.05) is 6.92 Å². The Hall–Kier alpha value is -0.210. The van der Waals surface area contributed by atoms with Gasteiger partial charge >= 0.3 is 0 Å². The van der Waals surface area contributed by atoms with E-state index in [1.54, 1.807) is 0 Å². The maximum Gasteiger partial charge on any atom is 0.116 e. The van der Waals surface area contributed by atoms with Gasteiger partial charge in [-0.15, -0.1) is 0 Å². The molecule has 0 saturated carbocycles. The van der Waals surface area contributed by atoms with E-state index in [9.17, 15) is 0 Å². The number of hydrogen-bond donors (Lipinski definition) is 0. The third kappa shape index (κ3) is 1.14. The molecular weight excluding hydrogens is 120 g/mol. The number of epoxide rings is 1. The Morgan fingerprint density at radius 3 is 2.50 bits per heavy atom. The molecule has 1 saturated heterocycles. The summed E-state index contributed by atoms with van der Waals surface area (Å²) in [5.41, 5.74) is 0.961. The summed E-state index contributed by atoms with van der Waals surface area (Å²) in [5, 5.41) is 0. The molecule has 0 N–H and O–H groups in total. The minimum absolute atomic E-state index is 0.225. The predicted octanol–water partition coefficient (Wildman–Crippen LogP) is 1.33. The fourth-order valence-electron chi connectivity index (χ4n) is 0.474. The van der Waals surface area contributed by atoms with E-state index >= 15 is 0 Å². The Morgan fingerprint density at radius 2 is 2.38 bits per heavy atom. The van der Waals surface area contributed by atoms with Gasteiger partial charge in [0.25, 0.3) is 0 Å². The standard InChI is InChI=1S/C6H8OS/c1-4(2)6(8)5-3-7-5/h5H,1,3H2,2H3. The van der Waals surface area contributed by atoms with Crippen molar-refractivity contribution in [1.82, 2.24) is 0 Å². The van der Waals surface area contributed by atoms with Crippen LogP contribution in [0.25, 0.3) is 0 Å². The van der Waals surface area contributed by atoms with Gasteiger partial charge in [-0.2, -0.15) is 0 Å². The van der Waals surface area contributed by atoms with Gasteiger partial charge in [-0.05, 0) is 12.5 Å². The maximum atomic E-state index is 4.94. The van der Waals surface area contributed by atoms with Crippen LogP contribution in [0.15, 0.2) is 12.2 Å². The average Bonchev–Trinajstić information content (AvgIpc) is 2.43. The molecule has 0 aromatic heterocycles. The van der Waals surface area contributed by atoms with E-state index < -0.39 is 0 Å². The Kier molecular flexibility index (Phi) is 1.45. The highest BCUT2D eigenvalue weighted by molar-refractivity contribution is 7.81. The van der Waals surface area contributed by atoms with Crippen molar-refractivity contribution in [2.75, 3.05) is 6.61 Å². The Bertz CT molecular complexity index is 135. The van der Waals surface area contributed by atoms with Crippen molar-refractivity contribution in [1.29, 1.82) is 0 Å². The summed E-state index contributed by atoms with van der Waals surface area (Å²) in [4.78, 5) is 0.880. The quantitative estimate of drug-likeness (QED) is 0.316. The molecule has 1 heterocycles. The lowest BCUT2D eigenvalue weighted by Crippen LogP contribution is -2.02. The van der Waals surface area contributed by atoms with Crippen molar-refractivity contribution in [2.45, 2.75) is 13.0 Å². The minimum atomic E-state index is 0.225. The second kappa shape index (κ2) is 1.96. The fourth-order valence-corrected chi connectivity index (χ4v) is 0.610. The van der Waals surface area contributed by atoms with E-state index in [0.29, 0.717) is 0 Å². The summed E-state index contributed by atoms with van der Waals surface area (Å²) >= 11 is 4.94. The number of ether oxygens (including phenoxy) is 1. The van der Waals surface area contributed by atoms with Crippen LogP contribution in [0.3, 0.4) is 0 Å². The highest BCUT2D eigenvalue weighted by Gasteiger charge is 2.27. The molecule has 1 unspecified atom stereocenters.